The molecule has 0 saturated carbocycles. The van der Waals surface area contributed by atoms with E-state index in [0.29, 0.717) is 17.8 Å². The van der Waals surface area contributed by atoms with E-state index < -0.39 is 24.1 Å². The van der Waals surface area contributed by atoms with Crippen molar-refractivity contribution in [2.75, 3.05) is 18.4 Å². The summed E-state index contributed by atoms with van der Waals surface area (Å²) in [4.78, 5) is 36.7. The van der Waals surface area contributed by atoms with Crippen LogP contribution in [0.2, 0.25) is 0 Å². The lowest BCUT2D eigenvalue weighted by Crippen LogP contribution is -2.41. The van der Waals surface area contributed by atoms with E-state index in [9.17, 15) is 14.4 Å². The Hall–Kier alpha value is -2.73. The van der Waals surface area contributed by atoms with E-state index >= 15 is 0 Å². The van der Waals surface area contributed by atoms with Crippen molar-refractivity contribution in [3.05, 3.63) is 16.5 Å². The van der Waals surface area contributed by atoms with Crippen LogP contribution in [0.4, 0.5) is 14.6 Å². The third-order valence-corrected chi connectivity index (χ3v) is 4.53. The Bertz CT molecular complexity index is 694. The maximum Gasteiger partial charge on any atom is 0.341 e. The van der Waals surface area contributed by atoms with E-state index in [1.807, 2.05) is 0 Å². The van der Waals surface area contributed by atoms with E-state index in [1.54, 1.807) is 0 Å². The Kier molecular flexibility index (Phi) is 5.65. The fourth-order valence-electron chi connectivity index (χ4n) is 2.43. The molecule has 4 amide bonds. The summed E-state index contributed by atoms with van der Waals surface area (Å²) in [6.07, 6.45) is 7.09. The molecule has 1 aliphatic heterocycles. The minimum Gasteiger partial charge on any atom is -0.457 e. The SMILES string of the molecule is C#Cc1cc(C(=O)OC2CCCCN(C(N)=O)C2)c(NC(N)=O)s1. The van der Waals surface area contributed by atoms with Crippen molar-refractivity contribution in [1.29, 1.82) is 0 Å². The quantitative estimate of drug-likeness (QED) is 0.561. The van der Waals surface area contributed by atoms with Gasteiger partial charge in [-0.05, 0) is 25.3 Å². The summed E-state index contributed by atoms with van der Waals surface area (Å²) in [5, 5.41) is 2.60. The van der Waals surface area contributed by atoms with Crippen LogP contribution in [-0.2, 0) is 4.74 Å². The molecule has 1 aromatic heterocycles. The van der Waals surface area contributed by atoms with E-state index in [-0.39, 0.29) is 17.1 Å². The van der Waals surface area contributed by atoms with Crippen LogP contribution in [0.25, 0.3) is 0 Å². The number of terminal acetylenes is 1. The fraction of sp³-hybridized carbons (Fsp3) is 0.400. The van der Waals surface area contributed by atoms with Crippen molar-refractivity contribution in [3.63, 3.8) is 0 Å². The first-order chi connectivity index (χ1) is 11.4. The maximum absolute atomic E-state index is 12.4. The molecule has 0 aromatic carbocycles. The third-order valence-electron chi connectivity index (χ3n) is 3.54. The second-order valence-electron chi connectivity index (χ2n) is 5.29. The van der Waals surface area contributed by atoms with E-state index in [4.69, 9.17) is 22.6 Å². The number of anilines is 1. The maximum atomic E-state index is 12.4. The number of urea groups is 2. The molecule has 1 atom stereocenters. The minimum atomic E-state index is -0.802. The number of nitrogens with two attached hydrogens (primary N) is 2. The van der Waals surface area contributed by atoms with Crippen LogP contribution in [0.3, 0.4) is 0 Å². The fourth-order valence-corrected chi connectivity index (χ4v) is 3.29. The number of rotatable bonds is 3. The molecule has 2 rings (SSSR count). The number of thiophene rings is 1. The van der Waals surface area contributed by atoms with Gasteiger partial charge in [-0.1, -0.05) is 5.92 Å². The molecule has 8 nitrogen and oxygen atoms in total. The molecular formula is C15H18N4O4S. The summed E-state index contributed by atoms with van der Waals surface area (Å²) in [6.45, 7) is 0.781. The summed E-state index contributed by atoms with van der Waals surface area (Å²) in [6, 6.07) is 0.115. The number of likely N-dealkylation sites (tertiary alicyclic amines) is 1. The topological polar surface area (TPSA) is 128 Å². The van der Waals surface area contributed by atoms with Gasteiger partial charge in [-0.15, -0.1) is 17.8 Å². The van der Waals surface area contributed by atoms with E-state index in [0.717, 1.165) is 24.2 Å². The number of esters is 1. The van der Waals surface area contributed by atoms with Gasteiger partial charge in [0, 0.05) is 6.54 Å². The highest BCUT2D eigenvalue weighted by Gasteiger charge is 2.26. The average Bonchev–Trinajstić information content (AvgIpc) is 2.76. The van der Waals surface area contributed by atoms with Gasteiger partial charge in [0.2, 0.25) is 0 Å². The van der Waals surface area contributed by atoms with Crippen LogP contribution in [-0.4, -0.2) is 42.1 Å². The predicted octanol–water partition coefficient (Wildman–Crippen LogP) is 1.31. The third kappa shape index (κ3) is 4.39. The zero-order valence-electron chi connectivity index (χ0n) is 12.9. The number of ether oxygens (including phenoxy) is 1. The van der Waals surface area contributed by atoms with Crippen molar-refractivity contribution in [1.82, 2.24) is 4.90 Å². The molecule has 1 fully saturated rings. The Balaban J connectivity index is 2.13. The Morgan fingerprint density at radius 2 is 2.12 bits per heavy atom. The van der Waals surface area contributed by atoms with Gasteiger partial charge >= 0.3 is 18.0 Å². The van der Waals surface area contributed by atoms with E-state index in [2.05, 4.69) is 11.2 Å². The van der Waals surface area contributed by atoms with Gasteiger partial charge in [0.05, 0.1) is 17.0 Å². The Morgan fingerprint density at radius 3 is 2.75 bits per heavy atom. The highest BCUT2D eigenvalue weighted by molar-refractivity contribution is 7.17. The molecule has 0 aliphatic carbocycles. The van der Waals surface area contributed by atoms with Crippen molar-refractivity contribution in [3.8, 4) is 12.3 Å². The van der Waals surface area contributed by atoms with Crippen molar-refractivity contribution in [2.24, 2.45) is 11.5 Å². The molecular weight excluding hydrogens is 332 g/mol. The molecule has 0 bridgehead atoms. The summed E-state index contributed by atoms with van der Waals surface area (Å²) >= 11 is 1.05. The van der Waals surface area contributed by atoms with Crippen molar-refractivity contribution >= 4 is 34.4 Å². The standard InChI is InChI=1S/C15H18N4O4S/c1-2-10-7-11(12(24-10)18-14(16)21)13(20)23-9-5-3-4-6-19(8-9)15(17)22/h1,7,9H,3-6,8H2,(H2,17,22)(H3,16,18,21). The molecule has 1 unspecified atom stereocenters. The van der Waals surface area contributed by atoms with Gasteiger partial charge < -0.3 is 21.1 Å². The molecule has 9 heteroatoms. The first-order valence-corrected chi connectivity index (χ1v) is 8.14. The number of carbonyl (C=O) groups is 3. The molecule has 1 saturated heterocycles. The van der Waals surface area contributed by atoms with Crippen LogP contribution in [0.5, 0.6) is 0 Å². The molecule has 1 aliphatic rings. The van der Waals surface area contributed by atoms with Gasteiger partial charge in [-0.25, -0.2) is 14.4 Å². The molecule has 0 radical (unpaired) electrons. The summed E-state index contributed by atoms with van der Waals surface area (Å²) in [7, 11) is 0. The van der Waals surface area contributed by atoms with Gasteiger partial charge in [-0.2, -0.15) is 0 Å². The summed E-state index contributed by atoms with van der Waals surface area (Å²) in [5.41, 5.74) is 10.5. The second kappa shape index (κ2) is 7.70. The first kappa shape index (κ1) is 17.6. The van der Waals surface area contributed by atoms with Crippen LogP contribution >= 0.6 is 11.3 Å². The zero-order chi connectivity index (χ0) is 17.7. The summed E-state index contributed by atoms with van der Waals surface area (Å²) < 4.78 is 5.48. The normalized spacial score (nSPS) is 17.5. The average molecular weight is 350 g/mol. The number of hydrogen-bond donors (Lipinski definition) is 3. The number of carbonyl (C=O) groups excluding carboxylic acids is 3. The molecule has 5 N–H and O–H groups in total. The number of hydrogen-bond acceptors (Lipinski definition) is 5. The van der Waals surface area contributed by atoms with Crippen LogP contribution in [0, 0.1) is 12.3 Å². The number of nitrogens with zero attached hydrogens (tertiary/aromatic N) is 1. The highest BCUT2D eigenvalue weighted by Crippen LogP contribution is 2.29. The molecule has 128 valence electrons. The predicted molar refractivity (Wildman–Crippen MR) is 89.7 cm³/mol. The van der Waals surface area contributed by atoms with Crippen molar-refractivity contribution in [2.45, 2.75) is 25.4 Å². The Morgan fingerprint density at radius 1 is 1.38 bits per heavy atom. The zero-order valence-corrected chi connectivity index (χ0v) is 13.7. The van der Waals surface area contributed by atoms with Gasteiger partial charge in [0.25, 0.3) is 0 Å². The Labute approximate surface area is 143 Å². The lowest BCUT2D eigenvalue weighted by molar-refractivity contribution is 0.0242. The number of nitrogens with one attached hydrogen (secondary N) is 1. The van der Waals surface area contributed by atoms with Crippen molar-refractivity contribution < 1.29 is 19.1 Å². The van der Waals surface area contributed by atoms with Crippen LogP contribution in [0.1, 0.15) is 34.5 Å². The monoisotopic (exact) mass is 350 g/mol. The largest absolute Gasteiger partial charge is 0.457 e. The summed E-state index contributed by atoms with van der Waals surface area (Å²) in [5.74, 6) is 1.77. The molecule has 2 heterocycles. The van der Waals surface area contributed by atoms with Gasteiger partial charge in [-0.3, -0.25) is 5.32 Å². The number of amides is 4. The highest BCUT2D eigenvalue weighted by atomic mass is 32.1. The smallest absolute Gasteiger partial charge is 0.341 e. The number of primary amides is 2. The minimum absolute atomic E-state index is 0.140. The van der Waals surface area contributed by atoms with E-state index in [1.165, 1.54) is 11.0 Å². The first-order valence-electron chi connectivity index (χ1n) is 7.33. The lowest BCUT2D eigenvalue weighted by atomic mass is 10.2. The van der Waals surface area contributed by atoms with Crippen LogP contribution in [0.15, 0.2) is 6.07 Å². The molecule has 1 aromatic rings. The molecule has 0 spiro atoms. The van der Waals surface area contributed by atoms with Gasteiger partial charge in [0.1, 0.15) is 11.1 Å². The van der Waals surface area contributed by atoms with Crippen LogP contribution < -0.4 is 16.8 Å². The molecule has 24 heavy (non-hydrogen) atoms. The second-order valence-corrected chi connectivity index (χ2v) is 6.35. The lowest BCUT2D eigenvalue weighted by Gasteiger charge is -2.22. The van der Waals surface area contributed by atoms with Gasteiger partial charge in [0.15, 0.2) is 0 Å².